The molecule has 1 N–H and O–H groups in total. The normalized spacial score (nSPS) is 12.7. The fourth-order valence-corrected chi connectivity index (χ4v) is 2.21. The minimum atomic E-state index is -0.286. The first-order valence-electron chi connectivity index (χ1n) is 5.84. The van der Waals surface area contributed by atoms with Gasteiger partial charge in [0, 0.05) is 10.6 Å². The number of hydrogen-bond acceptors (Lipinski definition) is 2. The van der Waals surface area contributed by atoms with Gasteiger partial charge in [0.05, 0.1) is 18.6 Å². The zero-order chi connectivity index (χ0) is 13.1. The lowest BCUT2D eigenvalue weighted by atomic mass is 9.99. The van der Waals surface area contributed by atoms with E-state index in [-0.39, 0.29) is 11.9 Å². The molecule has 1 aromatic heterocycles. The van der Waals surface area contributed by atoms with E-state index in [1.165, 1.54) is 6.07 Å². The molecule has 96 valence electrons. The van der Waals surface area contributed by atoms with Gasteiger partial charge in [0.15, 0.2) is 0 Å². The van der Waals surface area contributed by atoms with Gasteiger partial charge in [0.1, 0.15) is 5.82 Å². The molecule has 0 spiro atoms. The van der Waals surface area contributed by atoms with Crippen LogP contribution in [0.25, 0.3) is 0 Å². The highest BCUT2D eigenvalue weighted by atomic mass is 35.5. The van der Waals surface area contributed by atoms with E-state index in [0.29, 0.717) is 10.6 Å². The predicted octanol–water partition coefficient (Wildman–Crippen LogP) is 4.08. The van der Waals surface area contributed by atoms with Crippen LogP contribution >= 0.6 is 11.6 Å². The number of hydrogen-bond donors (Lipinski definition) is 1. The number of furan rings is 1. The molecule has 4 heteroatoms. The van der Waals surface area contributed by atoms with Crippen molar-refractivity contribution in [1.82, 2.24) is 5.32 Å². The van der Waals surface area contributed by atoms with Crippen molar-refractivity contribution in [3.63, 3.8) is 0 Å². The van der Waals surface area contributed by atoms with E-state index >= 15 is 0 Å². The third kappa shape index (κ3) is 2.57. The van der Waals surface area contributed by atoms with Crippen LogP contribution in [0.4, 0.5) is 4.39 Å². The van der Waals surface area contributed by atoms with Crippen molar-refractivity contribution >= 4 is 11.6 Å². The molecule has 2 aromatic rings. The predicted molar refractivity (Wildman–Crippen MR) is 70.4 cm³/mol. The fraction of sp³-hybridized carbons (Fsp3) is 0.286. The van der Waals surface area contributed by atoms with Crippen LogP contribution in [0.1, 0.15) is 29.7 Å². The van der Waals surface area contributed by atoms with E-state index in [9.17, 15) is 4.39 Å². The number of nitrogens with one attached hydrogen (secondary N) is 1. The lowest BCUT2D eigenvalue weighted by Crippen LogP contribution is -2.22. The van der Waals surface area contributed by atoms with E-state index in [4.69, 9.17) is 16.0 Å². The standard InChI is InChI=1S/C14H15ClFNO/c1-3-17-14(10-4-5-18-8-10)11-6-9(2)13(16)7-12(11)15/h4-8,14,17H,3H2,1-2H3. The molecule has 18 heavy (non-hydrogen) atoms. The second kappa shape index (κ2) is 5.55. The number of aryl methyl sites for hydroxylation is 1. The van der Waals surface area contributed by atoms with Crippen molar-refractivity contribution in [1.29, 1.82) is 0 Å². The van der Waals surface area contributed by atoms with E-state index in [1.54, 1.807) is 25.5 Å². The Morgan fingerprint density at radius 3 is 2.83 bits per heavy atom. The molecule has 1 aromatic carbocycles. The zero-order valence-corrected chi connectivity index (χ0v) is 11.1. The average molecular weight is 268 g/mol. The van der Waals surface area contributed by atoms with Crippen molar-refractivity contribution in [2.24, 2.45) is 0 Å². The van der Waals surface area contributed by atoms with E-state index < -0.39 is 0 Å². The first-order valence-corrected chi connectivity index (χ1v) is 6.22. The molecule has 2 rings (SSSR count). The van der Waals surface area contributed by atoms with Crippen molar-refractivity contribution in [3.05, 3.63) is 58.3 Å². The third-order valence-electron chi connectivity index (χ3n) is 2.87. The Morgan fingerprint density at radius 2 is 2.22 bits per heavy atom. The molecule has 0 radical (unpaired) electrons. The van der Waals surface area contributed by atoms with Gasteiger partial charge >= 0.3 is 0 Å². The summed E-state index contributed by atoms with van der Waals surface area (Å²) < 4.78 is 18.5. The summed E-state index contributed by atoms with van der Waals surface area (Å²) in [6, 6.07) is 4.93. The molecule has 0 saturated carbocycles. The van der Waals surface area contributed by atoms with Crippen LogP contribution in [0.5, 0.6) is 0 Å². The monoisotopic (exact) mass is 267 g/mol. The SMILES string of the molecule is CCNC(c1ccoc1)c1cc(C)c(F)cc1Cl. The Labute approximate surface area is 111 Å². The molecule has 0 bridgehead atoms. The van der Waals surface area contributed by atoms with Crippen LogP contribution in [0.2, 0.25) is 5.02 Å². The Balaban J connectivity index is 2.46. The van der Waals surface area contributed by atoms with Gasteiger partial charge in [-0.25, -0.2) is 4.39 Å². The second-order valence-electron chi connectivity index (χ2n) is 4.17. The lowest BCUT2D eigenvalue weighted by Gasteiger charge is -2.19. The smallest absolute Gasteiger partial charge is 0.127 e. The Kier molecular flexibility index (Phi) is 4.04. The molecule has 2 nitrogen and oxygen atoms in total. The van der Waals surface area contributed by atoms with E-state index in [2.05, 4.69) is 5.32 Å². The summed E-state index contributed by atoms with van der Waals surface area (Å²) in [7, 11) is 0. The van der Waals surface area contributed by atoms with Crippen LogP contribution in [0, 0.1) is 12.7 Å². The highest BCUT2D eigenvalue weighted by molar-refractivity contribution is 6.31. The van der Waals surface area contributed by atoms with Gasteiger partial charge in [0.2, 0.25) is 0 Å². The first kappa shape index (κ1) is 13.1. The number of benzene rings is 1. The Hall–Kier alpha value is -1.32. The third-order valence-corrected chi connectivity index (χ3v) is 3.20. The van der Waals surface area contributed by atoms with Crippen molar-refractivity contribution in [2.75, 3.05) is 6.54 Å². The lowest BCUT2D eigenvalue weighted by molar-refractivity contribution is 0.552. The van der Waals surface area contributed by atoms with E-state index in [0.717, 1.165) is 17.7 Å². The summed E-state index contributed by atoms with van der Waals surface area (Å²) >= 11 is 6.14. The summed E-state index contributed by atoms with van der Waals surface area (Å²) in [5, 5.41) is 3.74. The van der Waals surface area contributed by atoms with Crippen molar-refractivity contribution < 1.29 is 8.81 Å². The first-order chi connectivity index (χ1) is 8.63. The molecule has 0 fully saturated rings. The molecule has 1 atom stereocenters. The molecule has 1 unspecified atom stereocenters. The van der Waals surface area contributed by atoms with Gasteiger partial charge in [-0.3, -0.25) is 0 Å². The summed E-state index contributed by atoms with van der Waals surface area (Å²) in [6.07, 6.45) is 3.28. The van der Waals surface area contributed by atoms with Crippen LogP contribution in [0.3, 0.4) is 0 Å². The quantitative estimate of drug-likeness (QED) is 0.903. The Morgan fingerprint density at radius 1 is 1.44 bits per heavy atom. The van der Waals surface area contributed by atoms with Gasteiger partial charge in [-0.05, 0) is 42.8 Å². The molecule has 1 heterocycles. The van der Waals surface area contributed by atoms with Gasteiger partial charge < -0.3 is 9.73 Å². The summed E-state index contributed by atoms with van der Waals surface area (Å²) in [6.45, 7) is 4.52. The van der Waals surface area contributed by atoms with E-state index in [1.807, 2.05) is 13.0 Å². The average Bonchev–Trinajstić information content (AvgIpc) is 2.85. The fourth-order valence-electron chi connectivity index (χ4n) is 1.95. The minimum Gasteiger partial charge on any atom is -0.472 e. The summed E-state index contributed by atoms with van der Waals surface area (Å²) in [4.78, 5) is 0. The van der Waals surface area contributed by atoms with Gasteiger partial charge in [0.25, 0.3) is 0 Å². The molecule has 0 aliphatic rings. The van der Waals surface area contributed by atoms with Crippen LogP contribution in [-0.2, 0) is 0 Å². The van der Waals surface area contributed by atoms with Crippen LogP contribution < -0.4 is 5.32 Å². The van der Waals surface area contributed by atoms with Crippen LogP contribution in [-0.4, -0.2) is 6.54 Å². The maximum Gasteiger partial charge on any atom is 0.127 e. The van der Waals surface area contributed by atoms with Crippen LogP contribution in [0.15, 0.2) is 35.1 Å². The number of rotatable bonds is 4. The van der Waals surface area contributed by atoms with Gasteiger partial charge in [-0.15, -0.1) is 0 Å². The van der Waals surface area contributed by atoms with Crippen molar-refractivity contribution in [2.45, 2.75) is 19.9 Å². The van der Waals surface area contributed by atoms with Gasteiger partial charge in [-0.2, -0.15) is 0 Å². The zero-order valence-electron chi connectivity index (χ0n) is 10.3. The molecule has 0 aliphatic heterocycles. The molecular formula is C14H15ClFNO. The highest BCUT2D eigenvalue weighted by Crippen LogP contribution is 2.30. The maximum absolute atomic E-state index is 13.4. The highest BCUT2D eigenvalue weighted by Gasteiger charge is 2.18. The summed E-state index contributed by atoms with van der Waals surface area (Å²) in [5.74, 6) is -0.286. The topological polar surface area (TPSA) is 25.2 Å². The summed E-state index contributed by atoms with van der Waals surface area (Å²) in [5.41, 5.74) is 2.42. The molecule has 0 amide bonds. The molecular weight excluding hydrogens is 253 g/mol. The molecule has 0 saturated heterocycles. The second-order valence-corrected chi connectivity index (χ2v) is 4.58. The largest absolute Gasteiger partial charge is 0.472 e. The maximum atomic E-state index is 13.4. The number of halogens is 2. The van der Waals surface area contributed by atoms with Gasteiger partial charge in [-0.1, -0.05) is 18.5 Å². The molecule has 0 aliphatic carbocycles. The van der Waals surface area contributed by atoms with Crippen molar-refractivity contribution in [3.8, 4) is 0 Å². The minimum absolute atomic E-state index is 0.0828. The Bertz CT molecular complexity index is 525.